The molecule has 1 fully saturated rings. The molecule has 0 bridgehead atoms. The van der Waals surface area contributed by atoms with Crippen molar-refractivity contribution in [1.82, 2.24) is 24.1 Å². The summed E-state index contributed by atoms with van der Waals surface area (Å²) in [4.78, 5) is 28.2. The summed E-state index contributed by atoms with van der Waals surface area (Å²) in [7, 11) is 0. The largest absolute Gasteiger partial charge is 0.339 e. The first kappa shape index (κ1) is 22.8. The number of amides is 1. The topological polar surface area (TPSA) is 72.5 Å². The molecular weight excluding hydrogens is 422 g/mol. The van der Waals surface area contributed by atoms with Gasteiger partial charge < -0.3 is 4.90 Å². The molecule has 0 radical (unpaired) electrons. The molecule has 0 spiro atoms. The van der Waals surface area contributed by atoms with Crippen molar-refractivity contribution in [3.63, 3.8) is 0 Å². The van der Waals surface area contributed by atoms with Crippen LogP contribution in [0.4, 0.5) is 0 Å². The van der Waals surface area contributed by atoms with Gasteiger partial charge in [0.1, 0.15) is 0 Å². The molecule has 2 aromatic heterocycles. The Balaban J connectivity index is 1.65. The van der Waals surface area contributed by atoms with Crippen molar-refractivity contribution in [2.24, 2.45) is 5.92 Å². The first-order chi connectivity index (χ1) is 15.5. The van der Waals surface area contributed by atoms with Crippen molar-refractivity contribution >= 4 is 34.3 Å². The summed E-state index contributed by atoms with van der Waals surface area (Å²) < 4.78 is 3.66. The number of carbonyl (C=O) groups excluding carboxylic acids is 1. The van der Waals surface area contributed by atoms with Gasteiger partial charge in [0.15, 0.2) is 5.16 Å². The maximum atomic E-state index is 13.1. The third-order valence-corrected chi connectivity index (χ3v) is 7.32. The number of hydrogen-bond donors (Lipinski definition) is 0. The summed E-state index contributed by atoms with van der Waals surface area (Å²) in [6, 6.07) is 7.93. The number of nitrogens with zero attached hydrogens (tertiary/aromatic N) is 5. The standard InChI is InChI=1S/C24H33N5O2S/c1-4-27(18-10-6-5-7-11-18)21(30)16-32-24-26-25-23-28(15-14-17(2)3)22(31)19-12-8-9-13-20(19)29(23)24/h8-9,12-13,17-18H,4-7,10-11,14-16H2,1-3H3. The molecule has 8 heteroatoms. The van der Waals surface area contributed by atoms with E-state index in [1.165, 1.54) is 31.0 Å². The predicted molar refractivity (Wildman–Crippen MR) is 129 cm³/mol. The van der Waals surface area contributed by atoms with E-state index in [1.54, 1.807) is 4.57 Å². The van der Waals surface area contributed by atoms with Crippen LogP contribution in [-0.2, 0) is 11.3 Å². The van der Waals surface area contributed by atoms with Crippen LogP contribution in [0.1, 0.15) is 59.3 Å². The molecule has 0 aliphatic heterocycles. The molecule has 1 saturated carbocycles. The Labute approximate surface area is 193 Å². The van der Waals surface area contributed by atoms with Crippen molar-refractivity contribution < 1.29 is 4.79 Å². The molecule has 3 aromatic rings. The zero-order valence-corrected chi connectivity index (χ0v) is 20.1. The van der Waals surface area contributed by atoms with Gasteiger partial charge in [0.05, 0.1) is 16.7 Å². The minimum Gasteiger partial charge on any atom is -0.339 e. The summed E-state index contributed by atoms with van der Waals surface area (Å²) in [5.74, 6) is 1.50. The number of hydrogen-bond acceptors (Lipinski definition) is 5. The molecule has 1 aromatic carbocycles. The van der Waals surface area contributed by atoms with Gasteiger partial charge in [0.2, 0.25) is 11.7 Å². The minimum atomic E-state index is -0.0387. The second-order valence-electron chi connectivity index (χ2n) is 9.03. The van der Waals surface area contributed by atoms with E-state index in [-0.39, 0.29) is 11.5 Å². The SMILES string of the molecule is CCN(C(=O)CSc1nnc2n(CCC(C)C)c(=O)c3ccccc3n12)C1CCCCC1. The Hall–Kier alpha value is -2.35. The average Bonchev–Trinajstić information content (AvgIpc) is 3.22. The van der Waals surface area contributed by atoms with E-state index < -0.39 is 0 Å². The van der Waals surface area contributed by atoms with Crippen LogP contribution in [0.2, 0.25) is 0 Å². The fraction of sp³-hybridized carbons (Fsp3) is 0.583. The number of aryl methyl sites for hydroxylation is 1. The number of fused-ring (bicyclic) bond motifs is 3. The van der Waals surface area contributed by atoms with E-state index in [0.29, 0.717) is 40.6 Å². The summed E-state index contributed by atoms with van der Waals surface area (Å²) in [6.45, 7) is 7.68. The van der Waals surface area contributed by atoms with Crippen LogP contribution in [0.5, 0.6) is 0 Å². The number of carbonyl (C=O) groups is 1. The molecule has 0 saturated heterocycles. The summed E-state index contributed by atoms with van der Waals surface area (Å²) in [5.41, 5.74) is 0.746. The van der Waals surface area contributed by atoms with Crippen molar-refractivity contribution in [3.05, 3.63) is 34.6 Å². The lowest BCUT2D eigenvalue weighted by atomic mass is 9.94. The molecule has 1 aliphatic rings. The highest BCUT2D eigenvalue weighted by Gasteiger charge is 2.25. The average molecular weight is 456 g/mol. The van der Waals surface area contributed by atoms with E-state index >= 15 is 0 Å². The highest BCUT2D eigenvalue weighted by molar-refractivity contribution is 7.99. The van der Waals surface area contributed by atoms with Crippen LogP contribution >= 0.6 is 11.8 Å². The summed E-state index contributed by atoms with van der Waals surface area (Å²) >= 11 is 1.41. The fourth-order valence-corrected chi connectivity index (χ4v) is 5.48. The molecule has 32 heavy (non-hydrogen) atoms. The third-order valence-electron chi connectivity index (χ3n) is 6.41. The quantitative estimate of drug-likeness (QED) is 0.472. The number of para-hydroxylation sites is 1. The molecule has 0 atom stereocenters. The van der Waals surface area contributed by atoms with Crippen molar-refractivity contribution in [2.45, 2.75) is 77.0 Å². The normalized spacial score (nSPS) is 15.1. The zero-order chi connectivity index (χ0) is 22.7. The first-order valence-corrected chi connectivity index (χ1v) is 12.8. The lowest BCUT2D eigenvalue weighted by Gasteiger charge is -2.33. The second kappa shape index (κ2) is 10.1. The maximum absolute atomic E-state index is 13.1. The fourth-order valence-electron chi connectivity index (χ4n) is 4.66. The summed E-state index contributed by atoms with van der Waals surface area (Å²) in [6.07, 6.45) is 6.77. The van der Waals surface area contributed by atoms with Crippen molar-refractivity contribution in [1.29, 1.82) is 0 Å². The van der Waals surface area contributed by atoms with Gasteiger partial charge in [-0.2, -0.15) is 0 Å². The van der Waals surface area contributed by atoms with Crippen LogP contribution in [0, 0.1) is 5.92 Å². The minimum absolute atomic E-state index is 0.0387. The molecule has 0 N–H and O–H groups in total. The van der Waals surface area contributed by atoms with Gasteiger partial charge in [-0.25, -0.2) is 0 Å². The number of aromatic nitrogens is 4. The Morgan fingerprint density at radius 2 is 1.94 bits per heavy atom. The first-order valence-electron chi connectivity index (χ1n) is 11.8. The van der Waals surface area contributed by atoms with Crippen molar-refractivity contribution in [3.8, 4) is 0 Å². The van der Waals surface area contributed by atoms with Gasteiger partial charge in [-0.3, -0.25) is 18.6 Å². The number of thioether (sulfide) groups is 1. The van der Waals surface area contributed by atoms with E-state index in [2.05, 4.69) is 31.0 Å². The second-order valence-corrected chi connectivity index (χ2v) is 9.98. The highest BCUT2D eigenvalue weighted by atomic mass is 32.2. The van der Waals surface area contributed by atoms with Crippen LogP contribution < -0.4 is 5.56 Å². The van der Waals surface area contributed by atoms with Gasteiger partial charge >= 0.3 is 0 Å². The monoisotopic (exact) mass is 455 g/mol. The molecule has 2 heterocycles. The Bertz CT molecular complexity index is 1150. The molecular formula is C24H33N5O2S. The third kappa shape index (κ3) is 4.56. The van der Waals surface area contributed by atoms with Crippen molar-refractivity contribution in [2.75, 3.05) is 12.3 Å². The molecule has 7 nitrogen and oxygen atoms in total. The Morgan fingerprint density at radius 1 is 1.19 bits per heavy atom. The molecule has 1 aliphatic carbocycles. The van der Waals surface area contributed by atoms with Gasteiger partial charge in [-0.1, -0.05) is 57.0 Å². The molecule has 1 amide bonds. The maximum Gasteiger partial charge on any atom is 0.262 e. The van der Waals surface area contributed by atoms with Gasteiger partial charge in [0.25, 0.3) is 5.56 Å². The predicted octanol–water partition coefficient (Wildman–Crippen LogP) is 4.36. The Morgan fingerprint density at radius 3 is 2.66 bits per heavy atom. The van der Waals surface area contributed by atoms with Gasteiger partial charge in [0, 0.05) is 19.1 Å². The number of benzene rings is 1. The zero-order valence-electron chi connectivity index (χ0n) is 19.3. The van der Waals surface area contributed by atoms with E-state index in [4.69, 9.17) is 0 Å². The van der Waals surface area contributed by atoms with E-state index in [0.717, 1.165) is 31.3 Å². The van der Waals surface area contributed by atoms with Crippen LogP contribution in [-0.4, -0.2) is 48.3 Å². The van der Waals surface area contributed by atoms with E-state index in [1.807, 2.05) is 33.6 Å². The smallest absolute Gasteiger partial charge is 0.262 e. The highest BCUT2D eigenvalue weighted by Crippen LogP contribution is 2.25. The molecule has 172 valence electrons. The van der Waals surface area contributed by atoms with Crippen LogP contribution in [0.25, 0.3) is 16.7 Å². The van der Waals surface area contributed by atoms with Gasteiger partial charge in [-0.15, -0.1) is 10.2 Å². The van der Waals surface area contributed by atoms with Gasteiger partial charge in [-0.05, 0) is 44.2 Å². The van der Waals surface area contributed by atoms with Crippen LogP contribution in [0.15, 0.2) is 34.2 Å². The number of rotatable bonds is 8. The molecule has 4 rings (SSSR count). The lowest BCUT2D eigenvalue weighted by Crippen LogP contribution is -2.42. The summed E-state index contributed by atoms with van der Waals surface area (Å²) in [5, 5.41) is 10.1. The van der Waals surface area contributed by atoms with E-state index in [9.17, 15) is 9.59 Å². The van der Waals surface area contributed by atoms with Crippen LogP contribution in [0.3, 0.4) is 0 Å². The molecule has 0 unspecified atom stereocenters. The Kier molecular flexibility index (Phi) is 7.18. The lowest BCUT2D eigenvalue weighted by molar-refractivity contribution is -0.131.